The van der Waals surface area contributed by atoms with Crippen molar-refractivity contribution in [3.8, 4) is 0 Å². The number of nitrogens with one attached hydrogen (secondary N) is 1. The molecule has 1 saturated carbocycles. The fourth-order valence-electron chi connectivity index (χ4n) is 3.40. The molecule has 0 spiro atoms. The maximum Gasteiger partial charge on any atom is 0.220 e. The molecule has 1 aliphatic carbocycles. The van der Waals surface area contributed by atoms with Crippen LogP contribution in [0.25, 0.3) is 0 Å². The number of amides is 1. The number of carbonyl (C=O) groups is 1. The summed E-state index contributed by atoms with van der Waals surface area (Å²) in [4.78, 5) is 14.4. The fraction of sp³-hybridized carbons (Fsp3) is 0.933. The van der Waals surface area contributed by atoms with E-state index in [-0.39, 0.29) is 11.4 Å². The van der Waals surface area contributed by atoms with Gasteiger partial charge in [-0.05, 0) is 38.8 Å². The number of hydrogen-bond donors (Lipinski definition) is 1. The maximum absolute atomic E-state index is 12.0. The summed E-state index contributed by atoms with van der Waals surface area (Å²) < 4.78 is 5.32. The number of likely N-dealkylation sites (N-methyl/N-ethyl adjacent to an activating group) is 1. The first-order valence-corrected chi connectivity index (χ1v) is 7.72. The molecular formula is C15H28N2O2. The number of carbonyl (C=O) groups excluding carboxylic acids is 1. The second kappa shape index (κ2) is 6.71. The molecule has 4 heteroatoms. The molecule has 2 fully saturated rings. The van der Waals surface area contributed by atoms with Crippen molar-refractivity contribution in [3.05, 3.63) is 0 Å². The summed E-state index contributed by atoms with van der Waals surface area (Å²) in [7, 11) is 2.18. The zero-order valence-corrected chi connectivity index (χ0v) is 12.4. The average Bonchev–Trinajstić information content (AvgIpc) is 3.07. The molecule has 1 saturated heterocycles. The van der Waals surface area contributed by atoms with Crippen LogP contribution in [-0.4, -0.2) is 49.7 Å². The Morgan fingerprint density at radius 1 is 1.42 bits per heavy atom. The van der Waals surface area contributed by atoms with Crippen LogP contribution in [0.4, 0.5) is 0 Å². The molecule has 0 bridgehead atoms. The second-order valence-corrected chi connectivity index (χ2v) is 6.16. The highest BCUT2D eigenvalue weighted by molar-refractivity contribution is 5.76. The Morgan fingerprint density at radius 3 is 2.74 bits per heavy atom. The largest absolute Gasteiger partial charge is 0.381 e. The maximum atomic E-state index is 12.0. The lowest BCUT2D eigenvalue weighted by molar-refractivity contribution is -0.122. The quantitative estimate of drug-likeness (QED) is 0.798. The molecule has 0 unspecified atom stereocenters. The SMILES string of the molecule is CCN(C)C1(CNC(=O)C[C@@H]2CCOC2)CCCC1. The third-order valence-corrected chi connectivity index (χ3v) is 4.93. The lowest BCUT2D eigenvalue weighted by Gasteiger charge is -2.38. The molecule has 1 atom stereocenters. The van der Waals surface area contributed by atoms with Crippen molar-refractivity contribution < 1.29 is 9.53 Å². The van der Waals surface area contributed by atoms with Crippen LogP contribution in [-0.2, 0) is 9.53 Å². The van der Waals surface area contributed by atoms with Crippen molar-refractivity contribution in [1.82, 2.24) is 10.2 Å². The van der Waals surface area contributed by atoms with Gasteiger partial charge in [0.1, 0.15) is 0 Å². The normalized spacial score (nSPS) is 25.9. The van der Waals surface area contributed by atoms with E-state index in [0.29, 0.717) is 12.3 Å². The van der Waals surface area contributed by atoms with E-state index in [4.69, 9.17) is 4.74 Å². The minimum absolute atomic E-state index is 0.200. The van der Waals surface area contributed by atoms with Crippen LogP contribution in [0.15, 0.2) is 0 Å². The Kier molecular flexibility index (Phi) is 5.22. The van der Waals surface area contributed by atoms with Crippen LogP contribution in [0.2, 0.25) is 0 Å². The van der Waals surface area contributed by atoms with Gasteiger partial charge in [0.25, 0.3) is 0 Å². The molecule has 1 aliphatic heterocycles. The third kappa shape index (κ3) is 3.69. The predicted octanol–water partition coefficient (Wildman–Crippen LogP) is 1.79. The molecule has 19 heavy (non-hydrogen) atoms. The number of nitrogens with zero attached hydrogens (tertiary/aromatic N) is 1. The van der Waals surface area contributed by atoms with E-state index >= 15 is 0 Å². The molecule has 0 aromatic heterocycles. The first kappa shape index (κ1) is 14.8. The lowest BCUT2D eigenvalue weighted by atomic mass is 9.95. The molecule has 0 radical (unpaired) electrons. The van der Waals surface area contributed by atoms with Gasteiger partial charge in [-0.25, -0.2) is 0 Å². The van der Waals surface area contributed by atoms with Gasteiger partial charge in [-0.15, -0.1) is 0 Å². The highest BCUT2D eigenvalue weighted by Crippen LogP contribution is 2.33. The molecule has 0 aromatic carbocycles. The van der Waals surface area contributed by atoms with Crippen molar-refractivity contribution in [2.24, 2.45) is 5.92 Å². The third-order valence-electron chi connectivity index (χ3n) is 4.93. The fourth-order valence-corrected chi connectivity index (χ4v) is 3.40. The Bertz CT molecular complexity index is 295. The lowest BCUT2D eigenvalue weighted by Crippen LogP contribution is -2.52. The zero-order valence-electron chi connectivity index (χ0n) is 12.4. The van der Waals surface area contributed by atoms with Gasteiger partial charge in [-0.1, -0.05) is 19.8 Å². The van der Waals surface area contributed by atoms with Crippen LogP contribution in [0.5, 0.6) is 0 Å². The van der Waals surface area contributed by atoms with Gasteiger partial charge in [-0.3, -0.25) is 9.69 Å². The molecular weight excluding hydrogens is 240 g/mol. The van der Waals surface area contributed by atoms with Crippen molar-refractivity contribution in [2.75, 3.05) is 33.4 Å². The van der Waals surface area contributed by atoms with Crippen molar-refractivity contribution in [3.63, 3.8) is 0 Å². The Morgan fingerprint density at radius 2 is 2.16 bits per heavy atom. The summed E-state index contributed by atoms with van der Waals surface area (Å²) in [5.41, 5.74) is 0.205. The molecule has 110 valence electrons. The van der Waals surface area contributed by atoms with Gasteiger partial charge < -0.3 is 10.1 Å². The van der Waals surface area contributed by atoms with Crippen LogP contribution >= 0.6 is 0 Å². The van der Waals surface area contributed by atoms with E-state index in [1.807, 2.05) is 0 Å². The van der Waals surface area contributed by atoms with Crippen molar-refractivity contribution >= 4 is 5.91 Å². The van der Waals surface area contributed by atoms with Crippen molar-refractivity contribution in [1.29, 1.82) is 0 Å². The molecule has 0 aromatic rings. The molecule has 1 N–H and O–H groups in total. The summed E-state index contributed by atoms with van der Waals surface area (Å²) in [5, 5.41) is 3.17. The molecule has 1 amide bonds. The van der Waals surface area contributed by atoms with Crippen LogP contribution in [0.1, 0.15) is 45.4 Å². The topological polar surface area (TPSA) is 41.6 Å². The van der Waals surface area contributed by atoms with Crippen LogP contribution in [0.3, 0.4) is 0 Å². The Hall–Kier alpha value is -0.610. The smallest absolute Gasteiger partial charge is 0.220 e. The number of ether oxygens (including phenoxy) is 1. The summed E-state index contributed by atoms with van der Waals surface area (Å²) in [6.07, 6.45) is 6.67. The zero-order chi connectivity index (χ0) is 13.7. The summed E-state index contributed by atoms with van der Waals surface area (Å²) in [6.45, 7) is 5.63. The van der Waals surface area contributed by atoms with Gasteiger partial charge in [0.15, 0.2) is 0 Å². The molecule has 2 aliphatic rings. The molecule has 4 nitrogen and oxygen atoms in total. The van der Waals surface area contributed by atoms with E-state index in [9.17, 15) is 4.79 Å². The molecule has 2 rings (SSSR count). The second-order valence-electron chi connectivity index (χ2n) is 6.16. The van der Waals surface area contributed by atoms with Crippen LogP contribution in [0, 0.1) is 5.92 Å². The predicted molar refractivity (Wildman–Crippen MR) is 76.1 cm³/mol. The minimum atomic E-state index is 0.200. The van der Waals surface area contributed by atoms with Crippen LogP contribution < -0.4 is 5.32 Å². The van der Waals surface area contributed by atoms with E-state index in [1.165, 1.54) is 25.7 Å². The number of rotatable bonds is 6. The first-order chi connectivity index (χ1) is 9.16. The highest BCUT2D eigenvalue weighted by Gasteiger charge is 2.37. The van der Waals surface area contributed by atoms with Gasteiger partial charge in [0, 0.05) is 31.7 Å². The highest BCUT2D eigenvalue weighted by atomic mass is 16.5. The average molecular weight is 268 g/mol. The Balaban J connectivity index is 1.79. The standard InChI is InChI=1S/C15H28N2O2/c1-3-17(2)15(7-4-5-8-15)12-16-14(18)10-13-6-9-19-11-13/h13H,3-12H2,1-2H3,(H,16,18)/t13-/m0/s1. The van der Waals surface area contributed by atoms with Gasteiger partial charge >= 0.3 is 0 Å². The Labute approximate surface area is 116 Å². The van der Waals surface area contributed by atoms with Crippen molar-refractivity contribution in [2.45, 2.75) is 51.0 Å². The van der Waals surface area contributed by atoms with Gasteiger partial charge in [-0.2, -0.15) is 0 Å². The van der Waals surface area contributed by atoms with E-state index in [0.717, 1.165) is 32.7 Å². The molecule has 1 heterocycles. The van der Waals surface area contributed by atoms with E-state index in [1.54, 1.807) is 0 Å². The van der Waals surface area contributed by atoms with E-state index in [2.05, 4.69) is 24.2 Å². The first-order valence-electron chi connectivity index (χ1n) is 7.72. The van der Waals surface area contributed by atoms with E-state index < -0.39 is 0 Å². The number of hydrogen-bond acceptors (Lipinski definition) is 3. The summed E-state index contributed by atoms with van der Waals surface area (Å²) >= 11 is 0. The van der Waals surface area contributed by atoms with Gasteiger partial charge in [0.05, 0.1) is 0 Å². The van der Waals surface area contributed by atoms with Gasteiger partial charge in [0.2, 0.25) is 5.91 Å². The monoisotopic (exact) mass is 268 g/mol. The summed E-state index contributed by atoms with van der Waals surface area (Å²) in [6, 6.07) is 0. The minimum Gasteiger partial charge on any atom is -0.381 e. The summed E-state index contributed by atoms with van der Waals surface area (Å²) in [5.74, 6) is 0.634.